The minimum absolute atomic E-state index is 0.615. The zero-order chi connectivity index (χ0) is 13.5. The van der Waals surface area contributed by atoms with Gasteiger partial charge in [0.05, 0.1) is 18.2 Å². The van der Waals surface area contributed by atoms with Gasteiger partial charge in [0, 0.05) is 12.8 Å². The molecule has 0 saturated heterocycles. The van der Waals surface area contributed by atoms with Crippen molar-refractivity contribution in [2.45, 2.75) is 11.6 Å². The third kappa shape index (κ3) is 4.30. The van der Waals surface area contributed by atoms with E-state index in [0.717, 1.165) is 23.1 Å². The second kappa shape index (κ2) is 6.81. The summed E-state index contributed by atoms with van der Waals surface area (Å²) in [5.41, 5.74) is 0.615. The maximum atomic E-state index is 8.77. The van der Waals surface area contributed by atoms with Crippen molar-refractivity contribution in [3.63, 3.8) is 0 Å². The third-order valence-corrected chi connectivity index (χ3v) is 3.27. The molecule has 5 nitrogen and oxygen atoms in total. The second-order valence-corrected chi connectivity index (χ2v) is 4.95. The summed E-state index contributed by atoms with van der Waals surface area (Å²) in [6.45, 7) is 0.620. The van der Waals surface area contributed by atoms with Crippen molar-refractivity contribution in [1.29, 1.82) is 5.26 Å². The van der Waals surface area contributed by atoms with Gasteiger partial charge in [-0.3, -0.25) is 4.68 Å². The van der Waals surface area contributed by atoms with Gasteiger partial charge in [0.15, 0.2) is 0 Å². The van der Waals surface area contributed by atoms with Crippen LogP contribution in [0.15, 0.2) is 35.7 Å². The fourth-order valence-electron chi connectivity index (χ4n) is 1.45. The lowest BCUT2D eigenvalue weighted by molar-refractivity contribution is 0.318. The van der Waals surface area contributed by atoms with Gasteiger partial charge in [0.1, 0.15) is 12.1 Å². The molecule has 0 aliphatic heterocycles. The molecule has 0 N–H and O–H groups in total. The predicted molar refractivity (Wildman–Crippen MR) is 73.0 cm³/mol. The topological polar surface area (TPSA) is 63.7 Å². The molecule has 0 aliphatic rings. The molecule has 0 unspecified atom stereocenters. The van der Waals surface area contributed by atoms with Gasteiger partial charge in [-0.15, -0.1) is 5.10 Å². The average molecular weight is 274 g/mol. The summed E-state index contributed by atoms with van der Waals surface area (Å²) in [6.07, 6.45) is 2.59. The Kier molecular flexibility index (Phi) is 4.81. The van der Waals surface area contributed by atoms with Crippen LogP contribution in [-0.2, 0) is 7.05 Å². The monoisotopic (exact) mass is 274 g/mol. The van der Waals surface area contributed by atoms with Crippen LogP contribution in [0.1, 0.15) is 12.0 Å². The molecule has 2 aromatic rings. The number of nitrogens with zero attached hydrogens (tertiary/aromatic N) is 4. The molecule has 0 saturated carbocycles. The predicted octanol–water partition coefficient (Wildman–Crippen LogP) is 2.25. The molecule has 0 aliphatic carbocycles. The highest BCUT2D eigenvalue weighted by Gasteiger charge is 2.00. The fraction of sp³-hybridized carbons (Fsp3) is 0.308. The lowest BCUT2D eigenvalue weighted by atomic mass is 10.2. The van der Waals surface area contributed by atoms with E-state index in [1.165, 1.54) is 0 Å². The normalized spacial score (nSPS) is 10.1. The Labute approximate surface area is 116 Å². The van der Waals surface area contributed by atoms with E-state index in [4.69, 9.17) is 10.00 Å². The summed E-state index contributed by atoms with van der Waals surface area (Å²) >= 11 is 1.61. The van der Waals surface area contributed by atoms with Gasteiger partial charge in [-0.25, -0.2) is 4.98 Å². The average Bonchev–Trinajstić information content (AvgIpc) is 2.84. The van der Waals surface area contributed by atoms with Crippen molar-refractivity contribution in [3.05, 3.63) is 36.2 Å². The minimum atomic E-state index is 0.615. The number of rotatable bonds is 6. The van der Waals surface area contributed by atoms with E-state index in [0.29, 0.717) is 12.2 Å². The van der Waals surface area contributed by atoms with Gasteiger partial charge < -0.3 is 4.74 Å². The van der Waals surface area contributed by atoms with E-state index < -0.39 is 0 Å². The van der Waals surface area contributed by atoms with Gasteiger partial charge in [-0.2, -0.15) is 5.26 Å². The maximum Gasteiger partial charge on any atom is 0.208 e. The van der Waals surface area contributed by atoms with Crippen molar-refractivity contribution in [1.82, 2.24) is 14.8 Å². The maximum absolute atomic E-state index is 8.77. The first-order valence-corrected chi connectivity index (χ1v) is 6.88. The minimum Gasteiger partial charge on any atom is -0.494 e. The molecule has 0 fully saturated rings. The zero-order valence-electron chi connectivity index (χ0n) is 10.6. The Morgan fingerprint density at radius 2 is 2.37 bits per heavy atom. The van der Waals surface area contributed by atoms with Crippen LogP contribution in [-0.4, -0.2) is 27.1 Å². The molecule has 0 radical (unpaired) electrons. The summed E-state index contributed by atoms with van der Waals surface area (Å²) < 4.78 is 7.27. The zero-order valence-corrected chi connectivity index (χ0v) is 11.4. The van der Waals surface area contributed by atoms with E-state index >= 15 is 0 Å². The first kappa shape index (κ1) is 13.4. The molecule has 0 bridgehead atoms. The standard InChI is InChI=1S/C13H14N4OS/c1-17-10-15-13(16-17)19-7-3-6-18-12-5-2-4-11(8-12)9-14/h2,4-5,8,10H,3,6-7H2,1H3. The number of thioether (sulfide) groups is 1. The van der Waals surface area contributed by atoms with Crippen LogP contribution < -0.4 is 4.74 Å². The summed E-state index contributed by atoms with van der Waals surface area (Å²) in [5, 5.41) is 13.7. The van der Waals surface area contributed by atoms with Crippen LogP contribution in [0.4, 0.5) is 0 Å². The molecule has 1 aromatic carbocycles. The molecule has 6 heteroatoms. The quantitative estimate of drug-likeness (QED) is 0.597. The molecular weight excluding hydrogens is 260 g/mol. The highest BCUT2D eigenvalue weighted by atomic mass is 32.2. The number of ether oxygens (including phenoxy) is 1. The first-order chi connectivity index (χ1) is 9.28. The summed E-state index contributed by atoms with van der Waals surface area (Å²) in [6, 6.07) is 9.27. The lowest BCUT2D eigenvalue weighted by Gasteiger charge is -2.05. The largest absolute Gasteiger partial charge is 0.494 e. The Hall–Kier alpha value is -2.00. The van der Waals surface area contributed by atoms with Crippen LogP contribution in [0.25, 0.3) is 0 Å². The Balaban J connectivity index is 1.68. The summed E-state index contributed by atoms with van der Waals surface area (Å²) in [7, 11) is 1.85. The smallest absolute Gasteiger partial charge is 0.208 e. The molecule has 19 heavy (non-hydrogen) atoms. The van der Waals surface area contributed by atoms with E-state index in [-0.39, 0.29) is 0 Å². The number of aromatic nitrogens is 3. The Morgan fingerprint density at radius 1 is 1.47 bits per heavy atom. The molecule has 0 amide bonds. The molecule has 0 atom stereocenters. The molecule has 2 rings (SSSR count). The molecule has 1 aromatic heterocycles. The molecule has 0 spiro atoms. The number of benzene rings is 1. The molecular formula is C13H14N4OS. The third-order valence-electron chi connectivity index (χ3n) is 2.33. The van der Waals surface area contributed by atoms with E-state index in [1.54, 1.807) is 34.9 Å². The molecule has 98 valence electrons. The fourth-order valence-corrected chi connectivity index (χ4v) is 2.21. The van der Waals surface area contributed by atoms with Crippen molar-refractivity contribution in [2.24, 2.45) is 7.05 Å². The lowest BCUT2D eigenvalue weighted by Crippen LogP contribution is -1.99. The van der Waals surface area contributed by atoms with Crippen molar-refractivity contribution >= 4 is 11.8 Å². The number of nitriles is 1. The van der Waals surface area contributed by atoms with Crippen molar-refractivity contribution in [2.75, 3.05) is 12.4 Å². The van der Waals surface area contributed by atoms with E-state index in [2.05, 4.69) is 16.2 Å². The van der Waals surface area contributed by atoms with Crippen LogP contribution in [0.3, 0.4) is 0 Å². The highest BCUT2D eigenvalue weighted by molar-refractivity contribution is 7.99. The molecule has 1 heterocycles. The van der Waals surface area contributed by atoms with E-state index in [1.807, 2.05) is 19.2 Å². The van der Waals surface area contributed by atoms with Gasteiger partial charge in [0.25, 0.3) is 0 Å². The van der Waals surface area contributed by atoms with Gasteiger partial charge in [0.2, 0.25) is 5.16 Å². The SMILES string of the molecule is Cn1cnc(SCCCOc2cccc(C#N)c2)n1. The van der Waals surface area contributed by atoms with Crippen LogP contribution in [0, 0.1) is 11.3 Å². The van der Waals surface area contributed by atoms with Crippen LogP contribution in [0.2, 0.25) is 0 Å². The summed E-state index contributed by atoms with van der Waals surface area (Å²) in [5.74, 6) is 1.64. The number of aryl methyl sites for hydroxylation is 1. The Bertz CT molecular complexity index is 576. The second-order valence-electron chi connectivity index (χ2n) is 3.89. The van der Waals surface area contributed by atoms with E-state index in [9.17, 15) is 0 Å². The van der Waals surface area contributed by atoms with Crippen molar-refractivity contribution in [3.8, 4) is 11.8 Å². The van der Waals surface area contributed by atoms with Crippen molar-refractivity contribution < 1.29 is 4.74 Å². The highest BCUT2D eigenvalue weighted by Crippen LogP contribution is 2.15. The van der Waals surface area contributed by atoms with Crippen LogP contribution >= 0.6 is 11.8 Å². The number of hydrogen-bond donors (Lipinski definition) is 0. The van der Waals surface area contributed by atoms with Gasteiger partial charge in [-0.1, -0.05) is 17.8 Å². The summed E-state index contributed by atoms with van der Waals surface area (Å²) in [4.78, 5) is 4.13. The van der Waals surface area contributed by atoms with Crippen LogP contribution in [0.5, 0.6) is 5.75 Å². The van der Waals surface area contributed by atoms with Gasteiger partial charge >= 0.3 is 0 Å². The Morgan fingerprint density at radius 3 is 3.11 bits per heavy atom. The first-order valence-electron chi connectivity index (χ1n) is 5.89. The van der Waals surface area contributed by atoms with Gasteiger partial charge in [-0.05, 0) is 24.6 Å². The number of hydrogen-bond acceptors (Lipinski definition) is 5.